The molecule has 1 unspecified atom stereocenters. The average Bonchev–Trinajstić information content (AvgIpc) is 2.81. The topological polar surface area (TPSA) is 42.3 Å². The highest BCUT2D eigenvalue weighted by Gasteiger charge is 2.19. The van der Waals surface area contributed by atoms with Gasteiger partial charge in [-0.1, -0.05) is 26.0 Å². The summed E-state index contributed by atoms with van der Waals surface area (Å²) in [5.41, 5.74) is 3.60. The van der Waals surface area contributed by atoms with Crippen molar-refractivity contribution in [2.45, 2.75) is 33.4 Å². The molecule has 1 N–H and O–H groups in total. The van der Waals surface area contributed by atoms with Gasteiger partial charge in [-0.25, -0.2) is 0 Å². The maximum Gasteiger partial charge on any atom is 0.130 e. The highest BCUT2D eigenvalue weighted by Crippen LogP contribution is 2.26. The molecule has 1 atom stereocenters. The first-order valence-electron chi connectivity index (χ1n) is 8.42. The molecule has 0 aliphatic carbocycles. The molecular weight excluding hydrogens is 300 g/mol. The first-order chi connectivity index (χ1) is 11.3. The lowest BCUT2D eigenvalue weighted by atomic mass is 9.95. The Hall–Kier alpha value is -2.01. The second-order valence-corrected chi connectivity index (χ2v) is 6.78. The van der Waals surface area contributed by atoms with E-state index in [1.807, 2.05) is 23.9 Å². The molecule has 0 aliphatic rings. The first-order valence-corrected chi connectivity index (χ1v) is 8.42. The third-order valence-corrected chi connectivity index (χ3v) is 4.38. The van der Waals surface area contributed by atoms with Crippen LogP contribution in [0.5, 0.6) is 5.75 Å². The number of nitrogens with one attached hydrogen (secondary N) is 1. The van der Waals surface area contributed by atoms with Gasteiger partial charge in [0.1, 0.15) is 11.6 Å². The smallest absolute Gasteiger partial charge is 0.130 e. The summed E-state index contributed by atoms with van der Waals surface area (Å²) in [6, 6.07) is 8.60. The Bertz CT molecular complexity index is 659. The Balaban J connectivity index is 2.20. The highest BCUT2D eigenvalue weighted by atomic mass is 16.5. The lowest BCUT2D eigenvalue weighted by Crippen LogP contribution is -2.26. The van der Waals surface area contributed by atoms with Gasteiger partial charge < -0.3 is 15.0 Å². The van der Waals surface area contributed by atoms with E-state index in [0.29, 0.717) is 5.92 Å². The quantitative estimate of drug-likeness (QED) is 0.846. The van der Waals surface area contributed by atoms with E-state index < -0.39 is 0 Å². The number of methoxy groups -OCH3 is 1. The molecule has 2 rings (SSSR count). The molecule has 2 aromatic rings. The van der Waals surface area contributed by atoms with Gasteiger partial charge in [0.15, 0.2) is 0 Å². The molecule has 0 fully saturated rings. The summed E-state index contributed by atoms with van der Waals surface area (Å²) in [6.07, 6.45) is 0. The molecule has 1 aromatic carbocycles. The van der Waals surface area contributed by atoms with E-state index in [0.717, 1.165) is 23.8 Å². The first kappa shape index (κ1) is 18.3. The van der Waals surface area contributed by atoms with Crippen molar-refractivity contribution in [1.29, 1.82) is 0 Å². The zero-order valence-corrected chi connectivity index (χ0v) is 15.9. The minimum atomic E-state index is 0.283. The number of hydrogen-bond donors (Lipinski definition) is 1. The maximum atomic E-state index is 5.26. The number of ether oxygens (including phenoxy) is 1. The van der Waals surface area contributed by atoms with Gasteiger partial charge in [0, 0.05) is 39.3 Å². The van der Waals surface area contributed by atoms with Gasteiger partial charge in [-0.15, -0.1) is 0 Å². The number of anilines is 1. The normalized spacial score (nSPS) is 12.5. The van der Waals surface area contributed by atoms with Crippen molar-refractivity contribution in [2.24, 2.45) is 13.0 Å². The van der Waals surface area contributed by atoms with Crippen LogP contribution in [0.25, 0.3) is 0 Å². The molecule has 1 aromatic heterocycles. The molecule has 0 bridgehead atoms. The molecule has 1 heterocycles. The van der Waals surface area contributed by atoms with Gasteiger partial charge in [-0.2, -0.15) is 5.10 Å². The van der Waals surface area contributed by atoms with Crippen LogP contribution in [0.4, 0.5) is 5.82 Å². The van der Waals surface area contributed by atoms with Crippen LogP contribution < -0.4 is 15.0 Å². The minimum absolute atomic E-state index is 0.283. The standard InChI is InChI=1S/C19H30N4O/c1-13(2)18(15-8-10-16(24-7)11-9-15)20-12-17-14(3)21-23(6)19(17)22(4)5/h8-11,13,18,20H,12H2,1-7H3. The van der Waals surface area contributed by atoms with Crippen molar-refractivity contribution >= 4 is 5.82 Å². The van der Waals surface area contributed by atoms with Crippen LogP contribution in [-0.4, -0.2) is 31.0 Å². The van der Waals surface area contributed by atoms with E-state index in [1.54, 1.807) is 7.11 Å². The van der Waals surface area contributed by atoms with Crippen LogP contribution in [0.2, 0.25) is 0 Å². The van der Waals surface area contributed by atoms with Gasteiger partial charge in [-0.3, -0.25) is 4.68 Å². The van der Waals surface area contributed by atoms with Crippen LogP contribution in [0, 0.1) is 12.8 Å². The summed E-state index contributed by atoms with van der Waals surface area (Å²) in [5.74, 6) is 2.52. The minimum Gasteiger partial charge on any atom is -0.497 e. The number of aromatic nitrogens is 2. The Morgan fingerprint density at radius 2 is 1.83 bits per heavy atom. The third-order valence-electron chi connectivity index (χ3n) is 4.38. The number of aryl methyl sites for hydroxylation is 2. The fraction of sp³-hybridized carbons (Fsp3) is 0.526. The zero-order chi connectivity index (χ0) is 17.9. The summed E-state index contributed by atoms with van der Waals surface area (Å²) in [4.78, 5) is 2.12. The average molecular weight is 330 g/mol. The summed E-state index contributed by atoms with van der Waals surface area (Å²) in [7, 11) is 7.81. The predicted octanol–water partition coefficient (Wildman–Crippen LogP) is 3.29. The van der Waals surface area contributed by atoms with Gasteiger partial charge >= 0.3 is 0 Å². The van der Waals surface area contributed by atoms with Crippen LogP contribution in [0.1, 0.15) is 36.7 Å². The largest absolute Gasteiger partial charge is 0.497 e. The number of rotatable bonds is 7. The molecule has 24 heavy (non-hydrogen) atoms. The van der Waals surface area contributed by atoms with Gasteiger partial charge in [0.25, 0.3) is 0 Å². The van der Waals surface area contributed by atoms with Gasteiger partial charge in [-0.05, 0) is 30.5 Å². The molecule has 0 spiro atoms. The maximum absolute atomic E-state index is 5.26. The lowest BCUT2D eigenvalue weighted by Gasteiger charge is -2.24. The summed E-state index contributed by atoms with van der Waals surface area (Å²) >= 11 is 0. The second-order valence-electron chi connectivity index (χ2n) is 6.78. The molecule has 0 saturated heterocycles. The molecule has 0 saturated carbocycles. The van der Waals surface area contributed by atoms with E-state index in [9.17, 15) is 0 Å². The van der Waals surface area contributed by atoms with Gasteiger partial charge in [0.05, 0.1) is 12.8 Å². The number of benzene rings is 1. The summed E-state index contributed by atoms with van der Waals surface area (Å²) < 4.78 is 7.21. The summed E-state index contributed by atoms with van der Waals surface area (Å²) in [5, 5.41) is 8.29. The van der Waals surface area contributed by atoms with Crippen LogP contribution >= 0.6 is 0 Å². The number of hydrogen-bond acceptors (Lipinski definition) is 4. The van der Waals surface area contributed by atoms with Crippen LogP contribution in [0.3, 0.4) is 0 Å². The van der Waals surface area contributed by atoms with Crippen molar-refractivity contribution in [1.82, 2.24) is 15.1 Å². The third kappa shape index (κ3) is 3.90. The predicted molar refractivity (Wildman–Crippen MR) is 99.7 cm³/mol. The van der Waals surface area contributed by atoms with Crippen LogP contribution in [0.15, 0.2) is 24.3 Å². The number of nitrogens with zero attached hydrogens (tertiary/aromatic N) is 3. The molecule has 5 heteroatoms. The van der Waals surface area contributed by atoms with Crippen molar-refractivity contribution in [3.8, 4) is 5.75 Å². The monoisotopic (exact) mass is 330 g/mol. The summed E-state index contributed by atoms with van der Waals surface area (Å²) in [6.45, 7) is 7.35. The Morgan fingerprint density at radius 1 is 1.21 bits per heavy atom. The molecular formula is C19H30N4O. The van der Waals surface area contributed by atoms with E-state index in [2.05, 4.69) is 62.3 Å². The molecule has 0 aliphatic heterocycles. The van der Waals surface area contributed by atoms with Crippen molar-refractivity contribution in [2.75, 3.05) is 26.1 Å². The van der Waals surface area contributed by atoms with E-state index in [1.165, 1.54) is 11.1 Å². The molecule has 132 valence electrons. The Kier molecular flexibility index (Phi) is 5.89. The van der Waals surface area contributed by atoms with E-state index >= 15 is 0 Å². The second kappa shape index (κ2) is 7.71. The highest BCUT2D eigenvalue weighted by molar-refractivity contribution is 5.49. The van der Waals surface area contributed by atoms with E-state index in [-0.39, 0.29) is 6.04 Å². The van der Waals surface area contributed by atoms with Crippen molar-refractivity contribution < 1.29 is 4.74 Å². The lowest BCUT2D eigenvalue weighted by molar-refractivity contribution is 0.404. The molecule has 0 amide bonds. The molecule has 5 nitrogen and oxygen atoms in total. The Morgan fingerprint density at radius 3 is 2.33 bits per heavy atom. The Labute approximate surface area is 145 Å². The van der Waals surface area contributed by atoms with Gasteiger partial charge in [0.2, 0.25) is 0 Å². The zero-order valence-electron chi connectivity index (χ0n) is 15.9. The molecule has 0 radical (unpaired) electrons. The van der Waals surface area contributed by atoms with E-state index in [4.69, 9.17) is 4.74 Å². The fourth-order valence-electron chi connectivity index (χ4n) is 3.22. The van der Waals surface area contributed by atoms with Crippen LogP contribution in [-0.2, 0) is 13.6 Å². The SMILES string of the molecule is COc1ccc(C(NCc2c(C)nn(C)c2N(C)C)C(C)C)cc1. The fourth-order valence-corrected chi connectivity index (χ4v) is 3.22. The van der Waals surface area contributed by atoms with Crippen molar-refractivity contribution in [3.05, 3.63) is 41.1 Å². The van der Waals surface area contributed by atoms with Crippen molar-refractivity contribution in [3.63, 3.8) is 0 Å².